The topological polar surface area (TPSA) is 0 Å². The summed E-state index contributed by atoms with van der Waals surface area (Å²) in [7, 11) is 0. The molecule has 2 rings (SSSR count). The maximum Gasteiger partial charge on any atom is -0.0238 e. The average molecular weight is 255 g/mol. The van der Waals surface area contributed by atoms with Crippen molar-refractivity contribution in [3.05, 3.63) is 71.8 Å². The fourth-order valence-electron chi connectivity index (χ4n) is 1.58. The summed E-state index contributed by atoms with van der Waals surface area (Å²) in [6, 6.07) is 21.2. The van der Waals surface area contributed by atoms with Crippen LogP contribution in [-0.2, 0) is 12.8 Å². The first-order chi connectivity index (χ1) is 6.95. The van der Waals surface area contributed by atoms with Gasteiger partial charge in [-0.25, -0.2) is 0 Å². The molecule has 0 saturated heterocycles. The zero-order valence-electron chi connectivity index (χ0n) is 9.00. The number of halogens is 2. The van der Waals surface area contributed by atoms with E-state index in [0.717, 1.165) is 12.8 Å². The van der Waals surface area contributed by atoms with Crippen LogP contribution in [0.4, 0.5) is 0 Å². The highest BCUT2D eigenvalue weighted by Crippen LogP contribution is 2.06. The number of hydrogen-bond donors (Lipinski definition) is 0. The number of rotatable bonds is 3. The van der Waals surface area contributed by atoms with Crippen LogP contribution >= 0.6 is 24.8 Å². The molecule has 2 heteroatoms. The highest BCUT2D eigenvalue weighted by Gasteiger charge is 1.93. The molecule has 0 aromatic heterocycles. The summed E-state index contributed by atoms with van der Waals surface area (Å²) >= 11 is 0. The van der Waals surface area contributed by atoms with E-state index >= 15 is 0 Å². The Morgan fingerprint density at radius 1 is 0.500 bits per heavy atom. The maximum absolute atomic E-state index is 2.18. The van der Waals surface area contributed by atoms with Crippen molar-refractivity contribution in [2.24, 2.45) is 0 Å². The van der Waals surface area contributed by atoms with Gasteiger partial charge in [-0.1, -0.05) is 60.7 Å². The van der Waals surface area contributed by atoms with Crippen LogP contribution in [0.3, 0.4) is 0 Å². The van der Waals surface area contributed by atoms with Crippen LogP contribution in [-0.4, -0.2) is 0 Å². The Morgan fingerprint density at radius 2 is 0.812 bits per heavy atom. The number of hydrogen-bond acceptors (Lipinski definition) is 0. The quantitative estimate of drug-likeness (QED) is 0.766. The van der Waals surface area contributed by atoms with Crippen molar-refractivity contribution in [1.29, 1.82) is 0 Å². The summed E-state index contributed by atoms with van der Waals surface area (Å²) < 4.78 is 0. The third kappa shape index (κ3) is 4.69. The summed E-state index contributed by atoms with van der Waals surface area (Å²) in [5.74, 6) is 0. The minimum atomic E-state index is 0. The number of aryl methyl sites for hydroxylation is 2. The first kappa shape index (κ1) is 15.0. The van der Waals surface area contributed by atoms with Gasteiger partial charge in [0.25, 0.3) is 0 Å². The standard InChI is InChI=1S/C14H14.2ClH/c1-3-7-13(8-4-1)11-12-14-9-5-2-6-10-14;;/h1-10H,11-12H2;2*1H. The van der Waals surface area contributed by atoms with Crippen molar-refractivity contribution >= 4 is 24.8 Å². The van der Waals surface area contributed by atoms with Gasteiger partial charge in [-0.2, -0.15) is 0 Å². The lowest BCUT2D eigenvalue weighted by atomic mass is 10.0. The lowest BCUT2D eigenvalue weighted by Crippen LogP contribution is -1.89. The SMILES string of the molecule is Cl.Cl.c1ccc(CCc2ccccc2)cc1. The molecule has 0 saturated carbocycles. The molecule has 0 heterocycles. The predicted molar refractivity (Wildman–Crippen MR) is 74.8 cm³/mol. The van der Waals surface area contributed by atoms with Crippen molar-refractivity contribution in [2.75, 3.05) is 0 Å². The van der Waals surface area contributed by atoms with Gasteiger partial charge in [0.05, 0.1) is 0 Å². The molecular formula is C14H16Cl2. The Bertz CT molecular complexity index is 331. The molecule has 0 aliphatic heterocycles. The van der Waals surface area contributed by atoms with E-state index in [1.54, 1.807) is 0 Å². The van der Waals surface area contributed by atoms with Crippen molar-refractivity contribution < 1.29 is 0 Å². The molecule has 0 bridgehead atoms. The van der Waals surface area contributed by atoms with E-state index in [-0.39, 0.29) is 24.8 Å². The molecule has 0 spiro atoms. The van der Waals surface area contributed by atoms with Crippen LogP contribution in [0, 0.1) is 0 Å². The molecule has 0 aliphatic rings. The molecule has 0 nitrogen and oxygen atoms in total. The van der Waals surface area contributed by atoms with Gasteiger partial charge >= 0.3 is 0 Å². The third-order valence-electron chi connectivity index (χ3n) is 2.39. The van der Waals surface area contributed by atoms with Crippen molar-refractivity contribution in [2.45, 2.75) is 12.8 Å². The van der Waals surface area contributed by atoms with Crippen molar-refractivity contribution in [3.8, 4) is 0 Å². The van der Waals surface area contributed by atoms with E-state index in [1.165, 1.54) is 11.1 Å². The van der Waals surface area contributed by atoms with Gasteiger partial charge in [-0.3, -0.25) is 0 Å². The Labute approximate surface area is 110 Å². The molecule has 0 unspecified atom stereocenters. The molecule has 86 valence electrons. The average Bonchev–Trinajstić information content (AvgIpc) is 2.29. The highest BCUT2D eigenvalue weighted by atomic mass is 35.5. The molecule has 0 aliphatic carbocycles. The fourth-order valence-corrected chi connectivity index (χ4v) is 1.58. The van der Waals surface area contributed by atoms with Crippen LogP contribution in [0.2, 0.25) is 0 Å². The molecule has 0 N–H and O–H groups in total. The maximum atomic E-state index is 2.18. The second-order valence-electron chi connectivity index (χ2n) is 3.47. The summed E-state index contributed by atoms with van der Waals surface area (Å²) in [5.41, 5.74) is 2.83. The smallest absolute Gasteiger partial charge is 0.0238 e. The van der Waals surface area contributed by atoms with E-state index in [0.29, 0.717) is 0 Å². The van der Waals surface area contributed by atoms with Gasteiger partial charge in [0.15, 0.2) is 0 Å². The van der Waals surface area contributed by atoms with Gasteiger partial charge in [0.1, 0.15) is 0 Å². The van der Waals surface area contributed by atoms with Gasteiger partial charge in [0.2, 0.25) is 0 Å². The van der Waals surface area contributed by atoms with E-state index in [4.69, 9.17) is 0 Å². The van der Waals surface area contributed by atoms with Gasteiger partial charge < -0.3 is 0 Å². The van der Waals surface area contributed by atoms with Crippen molar-refractivity contribution in [3.63, 3.8) is 0 Å². The molecule has 0 atom stereocenters. The molecular weight excluding hydrogens is 239 g/mol. The van der Waals surface area contributed by atoms with Gasteiger partial charge in [-0.05, 0) is 24.0 Å². The Hall–Kier alpha value is -0.980. The molecule has 0 radical (unpaired) electrons. The van der Waals surface area contributed by atoms with Crippen LogP contribution in [0.5, 0.6) is 0 Å². The lowest BCUT2D eigenvalue weighted by molar-refractivity contribution is 0.960. The Morgan fingerprint density at radius 3 is 1.12 bits per heavy atom. The lowest BCUT2D eigenvalue weighted by Gasteiger charge is -2.01. The zero-order chi connectivity index (χ0) is 9.64. The molecule has 2 aromatic carbocycles. The van der Waals surface area contributed by atoms with Crippen LogP contribution in [0.15, 0.2) is 60.7 Å². The van der Waals surface area contributed by atoms with Gasteiger partial charge in [-0.15, -0.1) is 24.8 Å². The van der Waals surface area contributed by atoms with Crippen molar-refractivity contribution in [1.82, 2.24) is 0 Å². The van der Waals surface area contributed by atoms with E-state index in [9.17, 15) is 0 Å². The fraction of sp³-hybridized carbons (Fsp3) is 0.143. The third-order valence-corrected chi connectivity index (χ3v) is 2.39. The van der Waals surface area contributed by atoms with E-state index < -0.39 is 0 Å². The largest absolute Gasteiger partial charge is 0.147 e. The minimum Gasteiger partial charge on any atom is -0.147 e. The summed E-state index contributed by atoms with van der Waals surface area (Å²) in [4.78, 5) is 0. The second-order valence-corrected chi connectivity index (χ2v) is 3.47. The van der Waals surface area contributed by atoms with E-state index in [2.05, 4.69) is 60.7 Å². The summed E-state index contributed by atoms with van der Waals surface area (Å²) in [5, 5.41) is 0. The van der Waals surface area contributed by atoms with Crippen LogP contribution < -0.4 is 0 Å². The Balaban J connectivity index is 0.00000112. The Kier molecular flexibility index (Phi) is 7.70. The molecule has 16 heavy (non-hydrogen) atoms. The summed E-state index contributed by atoms with van der Waals surface area (Å²) in [6.07, 6.45) is 2.26. The first-order valence-electron chi connectivity index (χ1n) is 5.03. The normalized spacial score (nSPS) is 8.75. The molecule has 0 amide bonds. The van der Waals surface area contributed by atoms with Crippen LogP contribution in [0.25, 0.3) is 0 Å². The number of benzene rings is 2. The molecule has 0 fully saturated rings. The minimum absolute atomic E-state index is 0. The first-order valence-corrected chi connectivity index (χ1v) is 5.03. The highest BCUT2D eigenvalue weighted by molar-refractivity contribution is 5.85. The van der Waals surface area contributed by atoms with E-state index in [1.807, 2.05) is 0 Å². The van der Waals surface area contributed by atoms with Gasteiger partial charge in [0, 0.05) is 0 Å². The predicted octanol–water partition coefficient (Wildman–Crippen LogP) is 4.32. The monoisotopic (exact) mass is 254 g/mol. The molecule has 2 aromatic rings. The van der Waals surface area contributed by atoms with Crippen LogP contribution in [0.1, 0.15) is 11.1 Å². The zero-order valence-corrected chi connectivity index (χ0v) is 10.6. The second kappa shape index (κ2) is 8.20. The summed E-state index contributed by atoms with van der Waals surface area (Å²) in [6.45, 7) is 0.